The number of carbonyl (C=O) groups excluding carboxylic acids is 1. The molecule has 7 heteroatoms. The smallest absolute Gasteiger partial charge is 0.254 e. The number of aromatic amines is 1. The average Bonchev–Trinajstić information content (AvgIpc) is 3.39. The van der Waals surface area contributed by atoms with Crippen LogP contribution in [-0.2, 0) is 5.41 Å². The number of hydrogen-bond acceptors (Lipinski definition) is 4. The SMILES string of the molecule is N#CC1(c2ccccc2I)CCN(C(=O)c2csc(-c3cn[nH]c3)c2)CC1. The summed E-state index contributed by atoms with van der Waals surface area (Å²) in [6.07, 6.45) is 4.90. The van der Waals surface area contributed by atoms with Crippen molar-refractivity contribution in [1.29, 1.82) is 5.26 Å². The van der Waals surface area contributed by atoms with Crippen molar-refractivity contribution in [3.63, 3.8) is 0 Å². The van der Waals surface area contributed by atoms with E-state index in [4.69, 9.17) is 0 Å². The van der Waals surface area contributed by atoms with Crippen molar-refractivity contribution in [2.24, 2.45) is 0 Å². The van der Waals surface area contributed by atoms with E-state index in [1.54, 1.807) is 17.5 Å². The highest BCUT2D eigenvalue weighted by molar-refractivity contribution is 14.1. The lowest BCUT2D eigenvalue weighted by molar-refractivity contribution is 0.0692. The molecule has 1 aliphatic rings. The van der Waals surface area contributed by atoms with Crippen LogP contribution in [0.25, 0.3) is 10.4 Å². The Morgan fingerprint density at radius 2 is 2.11 bits per heavy atom. The predicted octanol–water partition coefficient (Wildman–Crippen LogP) is 4.44. The van der Waals surface area contributed by atoms with Crippen LogP contribution >= 0.6 is 33.9 Å². The van der Waals surface area contributed by atoms with Crippen molar-refractivity contribution in [3.8, 4) is 16.5 Å². The van der Waals surface area contributed by atoms with Crippen LogP contribution in [0.4, 0.5) is 0 Å². The van der Waals surface area contributed by atoms with Crippen LogP contribution in [0.1, 0.15) is 28.8 Å². The van der Waals surface area contributed by atoms with Gasteiger partial charge in [0.1, 0.15) is 0 Å². The number of carbonyl (C=O) groups is 1. The maximum absolute atomic E-state index is 12.9. The molecule has 3 aromatic rings. The Hall–Kier alpha value is -2.18. The van der Waals surface area contributed by atoms with Crippen LogP contribution in [-0.4, -0.2) is 34.1 Å². The van der Waals surface area contributed by atoms with E-state index < -0.39 is 5.41 Å². The topological polar surface area (TPSA) is 72.8 Å². The van der Waals surface area contributed by atoms with Gasteiger partial charge in [0.15, 0.2) is 0 Å². The Labute approximate surface area is 175 Å². The Bertz CT molecular complexity index is 997. The monoisotopic (exact) mass is 488 g/mol. The first-order valence-electron chi connectivity index (χ1n) is 8.66. The van der Waals surface area contributed by atoms with E-state index in [0.29, 0.717) is 31.5 Å². The van der Waals surface area contributed by atoms with Crippen LogP contribution in [0.3, 0.4) is 0 Å². The largest absolute Gasteiger partial charge is 0.338 e. The number of thiophene rings is 1. The molecule has 0 unspecified atom stereocenters. The maximum Gasteiger partial charge on any atom is 0.254 e. The van der Waals surface area contributed by atoms with Gasteiger partial charge < -0.3 is 4.90 Å². The fourth-order valence-corrected chi connectivity index (χ4v) is 5.32. The fraction of sp³-hybridized carbons (Fsp3) is 0.250. The molecule has 5 nitrogen and oxygen atoms in total. The number of halogens is 1. The summed E-state index contributed by atoms with van der Waals surface area (Å²) in [4.78, 5) is 15.8. The second-order valence-electron chi connectivity index (χ2n) is 6.65. The normalized spacial score (nSPS) is 16.1. The van der Waals surface area contributed by atoms with Gasteiger partial charge in [-0.15, -0.1) is 11.3 Å². The molecule has 2 aromatic heterocycles. The van der Waals surface area contributed by atoms with Crippen molar-refractivity contribution >= 4 is 39.8 Å². The molecule has 27 heavy (non-hydrogen) atoms. The molecule has 0 saturated carbocycles. The van der Waals surface area contributed by atoms with Gasteiger partial charge in [0.2, 0.25) is 0 Å². The van der Waals surface area contributed by atoms with Crippen molar-refractivity contribution < 1.29 is 4.79 Å². The zero-order valence-corrected chi connectivity index (χ0v) is 17.5. The summed E-state index contributed by atoms with van der Waals surface area (Å²) in [5.41, 5.74) is 2.26. The zero-order chi connectivity index (χ0) is 18.9. The number of amides is 1. The molecule has 0 bridgehead atoms. The van der Waals surface area contributed by atoms with E-state index in [0.717, 1.165) is 19.6 Å². The van der Waals surface area contributed by atoms with Gasteiger partial charge in [0, 0.05) is 38.7 Å². The standard InChI is InChI=1S/C20H17IN4OS/c21-17-4-2-1-3-16(17)20(13-22)5-7-25(8-6-20)19(26)14-9-18(27-12-14)15-10-23-24-11-15/h1-4,9-12H,5-8H2,(H,23,24). The number of hydrogen-bond donors (Lipinski definition) is 1. The Balaban J connectivity index is 1.50. The second-order valence-corrected chi connectivity index (χ2v) is 8.73. The first-order valence-corrected chi connectivity index (χ1v) is 10.6. The molecule has 1 aliphatic heterocycles. The minimum absolute atomic E-state index is 0.0373. The highest BCUT2D eigenvalue weighted by atomic mass is 127. The molecule has 1 N–H and O–H groups in total. The van der Waals surface area contributed by atoms with Crippen molar-refractivity contribution in [2.45, 2.75) is 18.3 Å². The lowest BCUT2D eigenvalue weighted by Gasteiger charge is -2.38. The number of rotatable bonds is 3. The summed E-state index contributed by atoms with van der Waals surface area (Å²) < 4.78 is 1.11. The number of benzene rings is 1. The quantitative estimate of drug-likeness (QED) is 0.555. The summed E-state index contributed by atoms with van der Waals surface area (Å²) in [6.45, 7) is 1.18. The Morgan fingerprint density at radius 1 is 1.33 bits per heavy atom. The van der Waals surface area contributed by atoms with E-state index in [9.17, 15) is 10.1 Å². The molecule has 0 aliphatic carbocycles. The van der Waals surface area contributed by atoms with Crippen molar-refractivity contribution in [2.75, 3.05) is 13.1 Å². The molecule has 1 amide bonds. The minimum Gasteiger partial charge on any atom is -0.338 e. The van der Waals surface area contributed by atoms with E-state index in [1.165, 1.54) is 0 Å². The maximum atomic E-state index is 12.9. The van der Waals surface area contributed by atoms with Crippen LogP contribution in [0.5, 0.6) is 0 Å². The third-order valence-electron chi connectivity index (χ3n) is 5.14. The molecule has 0 spiro atoms. The zero-order valence-electron chi connectivity index (χ0n) is 14.5. The van der Waals surface area contributed by atoms with Gasteiger partial charge in [-0.2, -0.15) is 10.4 Å². The number of piperidine rings is 1. The molecular formula is C20H17IN4OS. The highest BCUT2D eigenvalue weighted by Crippen LogP contribution is 2.38. The number of H-pyrrole nitrogens is 1. The fourth-order valence-electron chi connectivity index (χ4n) is 3.55. The van der Waals surface area contributed by atoms with E-state index in [-0.39, 0.29) is 5.91 Å². The number of nitriles is 1. The van der Waals surface area contributed by atoms with E-state index in [1.807, 2.05) is 46.8 Å². The Kier molecular flexibility index (Phi) is 5.02. The third kappa shape index (κ3) is 3.39. The van der Waals surface area contributed by atoms with Gasteiger partial charge in [0.25, 0.3) is 5.91 Å². The van der Waals surface area contributed by atoms with Gasteiger partial charge in [0.05, 0.1) is 23.2 Å². The molecule has 0 atom stereocenters. The molecule has 1 fully saturated rings. The van der Waals surface area contributed by atoms with Gasteiger partial charge in [-0.1, -0.05) is 18.2 Å². The van der Waals surface area contributed by atoms with Crippen molar-refractivity contribution in [1.82, 2.24) is 15.1 Å². The summed E-state index contributed by atoms with van der Waals surface area (Å²) in [5, 5.41) is 18.6. The van der Waals surface area contributed by atoms with Crippen molar-refractivity contribution in [3.05, 3.63) is 62.8 Å². The molecule has 1 aromatic carbocycles. The third-order valence-corrected chi connectivity index (χ3v) is 7.06. The second kappa shape index (κ2) is 7.44. The minimum atomic E-state index is -0.509. The summed E-state index contributed by atoms with van der Waals surface area (Å²) in [7, 11) is 0. The summed E-state index contributed by atoms with van der Waals surface area (Å²) in [5.74, 6) is 0.0373. The van der Waals surface area contributed by atoms with Gasteiger partial charge in [-0.3, -0.25) is 9.89 Å². The summed E-state index contributed by atoms with van der Waals surface area (Å²) in [6, 6.07) is 12.5. The molecular weight excluding hydrogens is 471 g/mol. The van der Waals surface area contributed by atoms with Gasteiger partial charge >= 0.3 is 0 Å². The molecule has 3 heterocycles. The van der Waals surface area contributed by atoms with Gasteiger partial charge in [-0.25, -0.2) is 0 Å². The first-order chi connectivity index (χ1) is 13.1. The number of aromatic nitrogens is 2. The van der Waals surface area contributed by atoms with Crippen LogP contribution in [0.15, 0.2) is 48.1 Å². The van der Waals surface area contributed by atoms with E-state index in [2.05, 4.69) is 38.9 Å². The van der Waals surface area contributed by atoms with E-state index >= 15 is 0 Å². The highest BCUT2D eigenvalue weighted by Gasteiger charge is 2.39. The average molecular weight is 488 g/mol. The summed E-state index contributed by atoms with van der Waals surface area (Å²) >= 11 is 3.84. The predicted molar refractivity (Wildman–Crippen MR) is 113 cm³/mol. The van der Waals surface area contributed by atoms with Crippen LogP contribution in [0.2, 0.25) is 0 Å². The molecule has 1 saturated heterocycles. The number of likely N-dealkylation sites (tertiary alicyclic amines) is 1. The number of nitrogens with one attached hydrogen (secondary N) is 1. The Morgan fingerprint density at radius 3 is 2.78 bits per heavy atom. The number of nitrogens with zero attached hydrogens (tertiary/aromatic N) is 3. The first kappa shape index (κ1) is 18.2. The molecule has 0 radical (unpaired) electrons. The molecule has 4 rings (SSSR count). The van der Waals surface area contributed by atoms with Gasteiger partial charge in [-0.05, 0) is 53.1 Å². The lowest BCUT2D eigenvalue weighted by atomic mass is 9.74. The lowest BCUT2D eigenvalue weighted by Crippen LogP contribution is -2.44. The van der Waals surface area contributed by atoms with Crippen LogP contribution < -0.4 is 0 Å². The van der Waals surface area contributed by atoms with Crippen LogP contribution in [0, 0.1) is 14.9 Å². The molecule has 136 valence electrons.